The molecule has 1 aromatic carbocycles. The van der Waals surface area contributed by atoms with Gasteiger partial charge < -0.3 is 15.0 Å². The number of nitro benzene ring substituents is 1. The number of nitro groups is 1. The van der Waals surface area contributed by atoms with Gasteiger partial charge in [0.15, 0.2) is 0 Å². The average Bonchev–Trinajstić information content (AvgIpc) is 2.45. The Kier molecular flexibility index (Phi) is 5.92. The zero-order valence-corrected chi connectivity index (χ0v) is 12.7. The van der Waals surface area contributed by atoms with Crippen LogP contribution < -0.4 is 10.1 Å². The lowest BCUT2D eigenvalue weighted by Crippen LogP contribution is -2.51. The van der Waals surface area contributed by atoms with E-state index in [1.807, 2.05) is 6.92 Å². The first-order chi connectivity index (χ1) is 9.52. The third kappa shape index (κ3) is 3.83. The van der Waals surface area contributed by atoms with Crippen LogP contribution in [0.5, 0.6) is 5.75 Å². The molecule has 1 N–H and O–H groups in total. The van der Waals surface area contributed by atoms with Gasteiger partial charge in [0.25, 0.3) is 11.6 Å². The van der Waals surface area contributed by atoms with Gasteiger partial charge in [-0.2, -0.15) is 0 Å². The van der Waals surface area contributed by atoms with Crippen LogP contribution in [0.3, 0.4) is 0 Å². The molecule has 1 aliphatic heterocycles. The van der Waals surface area contributed by atoms with Crippen molar-refractivity contribution in [2.75, 3.05) is 26.7 Å². The molecule has 0 aromatic heterocycles. The molecule has 116 valence electrons. The Morgan fingerprint density at radius 1 is 1.52 bits per heavy atom. The molecule has 1 fully saturated rings. The summed E-state index contributed by atoms with van der Waals surface area (Å²) >= 11 is 0. The summed E-state index contributed by atoms with van der Waals surface area (Å²) in [5.41, 5.74) is -0.120. The van der Waals surface area contributed by atoms with Gasteiger partial charge in [-0.3, -0.25) is 14.9 Å². The first kappa shape index (κ1) is 17.2. The van der Waals surface area contributed by atoms with Gasteiger partial charge in [0, 0.05) is 31.7 Å². The number of halogens is 1. The first-order valence-corrected chi connectivity index (χ1v) is 6.38. The monoisotopic (exact) mass is 315 g/mol. The van der Waals surface area contributed by atoms with Crippen molar-refractivity contribution in [2.45, 2.75) is 13.0 Å². The topological polar surface area (TPSA) is 84.7 Å². The minimum atomic E-state index is -0.543. The third-order valence-electron chi connectivity index (χ3n) is 3.29. The highest BCUT2D eigenvalue weighted by Gasteiger charge is 2.27. The van der Waals surface area contributed by atoms with E-state index in [0.29, 0.717) is 25.4 Å². The number of piperazine rings is 1. The number of amides is 1. The molecular weight excluding hydrogens is 298 g/mol. The number of nitrogens with zero attached hydrogens (tertiary/aromatic N) is 2. The second-order valence-electron chi connectivity index (χ2n) is 4.75. The largest absolute Gasteiger partial charge is 0.497 e. The average molecular weight is 316 g/mol. The minimum Gasteiger partial charge on any atom is -0.497 e. The highest BCUT2D eigenvalue weighted by molar-refractivity contribution is 5.98. The third-order valence-corrected chi connectivity index (χ3v) is 3.29. The number of methoxy groups -OCH3 is 1. The maximum atomic E-state index is 12.5. The van der Waals surface area contributed by atoms with Crippen molar-refractivity contribution < 1.29 is 14.5 Å². The summed E-state index contributed by atoms with van der Waals surface area (Å²) in [6, 6.07) is 4.39. The number of rotatable bonds is 3. The zero-order valence-electron chi connectivity index (χ0n) is 11.9. The Balaban J connectivity index is 0.00000220. The van der Waals surface area contributed by atoms with E-state index in [4.69, 9.17) is 4.74 Å². The van der Waals surface area contributed by atoms with Crippen LogP contribution in [0.25, 0.3) is 0 Å². The minimum absolute atomic E-state index is 0. The molecule has 1 aromatic rings. The van der Waals surface area contributed by atoms with E-state index in [1.165, 1.54) is 25.3 Å². The fourth-order valence-corrected chi connectivity index (χ4v) is 2.26. The highest BCUT2D eigenvalue weighted by Crippen LogP contribution is 2.25. The van der Waals surface area contributed by atoms with E-state index < -0.39 is 4.92 Å². The van der Waals surface area contributed by atoms with Gasteiger partial charge in [0.1, 0.15) is 11.3 Å². The molecule has 2 rings (SSSR count). The van der Waals surface area contributed by atoms with Crippen molar-refractivity contribution in [1.29, 1.82) is 0 Å². The van der Waals surface area contributed by atoms with Crippen molar-refractivity contribution in [3.8, 4) is 5.75 Å². The number of carbonyl (C=O) groups is 1. The summed E-state index contributed by atoms with van der Waals surface area (Å²) < 4.78 is 5.04. The molecule has 1 amide bonds. The molecule has 1 aliphatic rings. The lowest BCUT2D eigenvalue weighted by atomic mass is 10.1. The van der Waals surface area contributed by atoms with E-state index in [0.717, 1.165) is 0 Å². The molecule has 1 unspecified atom stereocenters. The maximum Gasteiger partial charge on any atom is 0.282 e. The predicted octanol–water partition coefficient (Wildman–Crippen LogP) is 1.46. The SMILES string of the molecule is COc1ccc([N+](=O)[O-])c(C(=O)N2CCNC(C)C2)c1.Cl. The van der Waals surface area contributed by atoms with E-state index in [2.05, 4.69) is 5.32 Å². The van der Waals surface area contributed by atoms with E-state index in [-0.39, 0.29) is 35.6 Å². The van der Waals surface area contributed by atoms with Crippen LogP contribution in [0.15, 0.2) is 18.2 Å². The van der Waals surface area contributed by atoms with Gasteiger partial charge in [-0.1, -0.05) is 0 Å². The van der Waals surface area contributed by atoms with Gasteiger partial charge in [-0.05, 0) is 19.1 Å². The second-order valence-corrected chi connectivity index (χ2v) is 4.75. The van der Waals surface area contributed by atoms with Crippen molar-refractivity contribution >= 4 is 24.0 Å². The maximum absolute atomic E-state index is 12.5. The molecule has 8 heteroatoms. The summed E-state index contributed by atoms with van der Waals surface area (Å²) in [7, 11) is 1.46. The van der Waals surface area contributed by atoms with E-state index in [9.17, 15) is 14.9 Å². The predicted molar refractivity (Wildman–Crippen MR) is 80.3 cm³/mol. The molecule has 1 heterocycles. The number of hydrogen-bond donors (Lipinski definition) is 1. The summed E-state index contributed by atoms with van der Waals surface area (Å²) in [4.78, 5) is 24.6. The number of nitrogens with one attached hydrogen (secondary N) is 1. The van der Waals surface area contributed by atoms with Crippen LogP contribution in [0.1, 0.15) is 17.3 Å². The summed E-state index contributed by atoms with van der Waals surface area (Å²) in [5, 5.41) is 14.3. The van der Waals surface area contributed by atoms with Crippen LogP contribution in [0.2, 0.25) is 0 Å². The second kappa shape index (κ2) is 7.24. The number of carbonyl (C=O) groups excluding carboxylic acids is 1. The Labute approximate surface area is 128 Å². The van der Waals surface area contributed by atoms with Gasteiger partial charge in [0.2, 0.25) is 0 Å². The smallest absolute Gasteiger partial charge is 0.282 e. The van der Waals surface area contributed by atoms with E-state index in [1.54, 1.807) is 4.90 Å². The van der Waals surface area contributed by atoms with Crippen molar-refractivity contribution in [3.63, 3.8) is 0 Å². The highest BCUT2D eigenvalue weighted by atomic mass is 35.5. The van der Waals surface area contributed by atoms with Crippen molar-refractivity contribution in [2.24, 2.45) is 0 Å². The quantitative estimate of drug-likeness (QED) is 0.674. The van der Waals surface area contributed by atoms with Crippen LogP contribution >= 0.6 is 12.4 Å². The van der Waals surface area contributed by atoms with Gasteiger partial charge >= 0.3 is 0 Å². The fourth-order valence-electron chi connectivity index (χ4n) is 2.26. The van der Waals surface area contributed by atoms with Crippen molar-refractivity contribution in [1.82, 2.24) is 10.2 Å². The Hall–Kier alpha value is -1.86. The molecule has 0 aliphatic carbocycles. The molecule has 1 saturated heterocycles. The lowest BCUT2D eigenvalue weighted by molar-refractivity contribution is -0.385. The van der Waals surface area contributed by atoms with Crippen LogP contribution in [-0.2, 0) is 0 Å². The Morgan fingerprint density at radius 3 is 2.81 bits per heavy atom. The normalized spacial score (nSPS) is 17.8. The number of hydrogen-bond acceptors (Lipinski definition) is 5. The summed E-state index contributed by atoms with van der Waals surface area (Å²) in [6.07, 6.45) is 0. The van der Waals surface area contributed by atoms with Gasteiger partial charge in [-0.25, -0.2) is 0 Å². The van der Waals surface area contributed by atoms with Crippen molar-refractivity contribution in [3.05, 3.63) is 33.9 Å². The standard InChI is InChI=1S/C13H17N3O4.ClH/c1-9-8-15(6-5-14-9)13(17)11-7-10(20-2)3-4-12(11)16(18)19;/h3-4,7,9,14H,5-6,8H2,1-2H3;1H. The first-order valence-electron chi connectivity index (χ1n) is 6.38. The molecular formula is C13H18ClN3O4. The molecule has 0 bridgehead atoms. The zero-order chi connectivity index (χ0) is 14.7. The number of benzene rings is 1. The summed E-state index contributed by atoms with van der Waals surface area (Å²) in [6.45, 7) is 3.73. The molecule has 0 radical (unpaired) electrons. The molecule has 0 saturated carbocycles. The van der Waals surface area contributed by atoms with Gasteiger partial charge in [0.05, 0.1) is 12.0 Å². The molecule has 1 atom stereocenters. The molecule has 21 heavy (non-hydrogen) atoms. The Bertz CT molecular complexity index is 538. The Morgan fingerprint density at radius 2 is 2.24 bits per heavy atom. The van der Waals surface area contributed by atoms with Crippen LogP contribution in [0.4, 0.5) is 5.69 Å². The summed E-state index contributed by atoms with van der Waals surface area (Å²) in [5.74, 6) is 0.103. The number of ether oxygens (including phenoxy) is 1. The van der Waals surface area contributed by atoms with Crippen LogP contribution in [-0.4, -0.2) is 48.5 Å². The fraction of sp³-hybridized carbons (Fsp3) is 0.462. The lowest BCUT2D eigenvalue weighted by Gasteiger charge is -2.31. The van der Waals surface area contributed by atoms with Crippen LogP contribution in [0, 0.1) is 10.1 Å². The molecule has 7 nitrogen and oxygen atoms in total. The molecule has 0 spiro atoms. The van der Waals surface area contributed by atoms with Gasteiger partial charge in [-0.15, -0.1) is 12.4 Å². The van der Waals surface area contributed by atoms with E-state index >= 15 is 0 Å².